The molecule has 0 radical (unpaired) electrons. The third-order valence-electron chi connectivity index (χ3n) is 5.68. The minimum absolute atomic E-state index is 0.0900. The average molecular weight is 479 g/mol. The zero-order valence-electron chi connectivity index (χ0n) is 17.1. The number of amides is 1. The molecular formula is C23H21Cl2FN2O4. The lowest BCUT2D eigenvalue weighted by Gasteiger charge is -2.31. The molecular weight excluding hydrogens is 458 g/mol. The number of aliphatic hydroxyl groups is 1. The first-order chi connectivity index (χ1) is 15.4. The predicted octanol–water partition coefficient (Wildman–Crippen LogP) is 3.89. The Morgan fingerprint density at radius 3 is 2.41 bits per heavy atom. The number of carbonyl (C=O) groups excluding carboxylic acids is 2. The molecule has 2 saturated heterocycles. The average Bonchev–Trinajstić information content (AvgIpc) is 3.03. The normalized spacial score (nSPS) is 21.3. The Morgan fingerprint density at radius 1 is 1.06 bits per heavy atom. The van der Waals surface area contributed by atoms with E-state index in [9.17, 15) is 19.1 Å². The van der Waals surface area contributed by atoms with Crippen LogP contribution in [0.1, 0.15) is 17.2 Å². The van der Waals surface area contributed by atoms with E-state index in [0.29, 0.717) is 30.3 Å². The van der Waals surface area contributed by atoms with Crippen molar-refractivity contribution in [1.82, 2.24) is 9.80 Å². The molecule has 6 nitrogen and oxygen atoms in total. The summed E-state index contributed by atoms with van der Waals surface area (Å²) in [6, 6.07) is 8.94. The fraction of sp³-hybridized carbons (Fsp3) is 0.304. The van der Waals surface area contributed by atoms with E-state index in [1.807, 2.05) is 0 Å². The molecule has 4 rings (SSSR count). The van der Waals surface area contributed by atoms with Crippen molar-refractivity contribution in [3.8, 4) is 0 Å². The number of halogens is 3. The Labute approximate surface area is 194 Å². The number of aliphatic hydroxyl groups excluding tert-OH is 1. The van der Waals surface area contributed by atoms with Crippen LogP contribution in [0.4, 0.5) is 4.39 Å². The molecule has 2 aromatic rings. The van der Waals surface area contributed by atoms with Crippen molar-refractivity contribution >= 4 is 40.7 Å². The largest absolute Gasteiger partial charge is 0.507 e. The number of morpholine rings is 1. The molecule has 0 aromatic heterocycles. The van der Waals surface area contributed by atoms with Crippen molar-refractivity contribution in [2.45, 2.75) is 6.04 Å². The summed E-state index contributed by atoms with van der Waals surface area (Å²) >= 11 is 12.5. The van der Waals surface area contributed by atoms with Gasteiger partial charge in [-0.15, -0.1) is 0 Å². The van der Waals surface area contributed by atoms with E-state index in [-0.39, 0.29) is 28.5 Å². The number of nitrogens with zero attached hydrogens (tertiary/aromatic N) is 2. The van der Waals surface area contributed by atoms with E-state index in [1.54, 1.807) is 12.1 Å². The summed E-state index contributed by atoms with van der Waals surface area (Å²) in [6.45, 7) is 3.46. The maximum Gasteiger partial charge on any atom is 0.295 e. The second kappa shape index (κ2) is 9.58. The first kappa shape index (κ1) is 22.7. The topological polar surface area (TPSA) is 70.1 Å². The van der Waals surface area contributed by atoms with Crippen molar-refractivity contribution in [3.05, 3.63) is 75.0 Å². The molecule has 2 aromatic carbocycles. The minimum atomic E-state index is -0.897. The zero-order valence-corrected chi connectivity index (χ0v) is 18.6. The molecule has 1 unspecified atom stereocenters. The van der Waals surface area contributed by atoms with Gasteiger partial charge in [-0.1, -0.05) is 29.3 Å². The summed E-state index contributed by atoms with van der Waals surface area (Å²) in [4.78, 5) is 29.6. The van der Waals surface area contributed by atoms with Gasteiger partial charge in [-0.25, -0.2) is 4.39 Å². The smallest absolute Gasteiger partial charge is 0.295 e. The van der Waals surface area contributed by atoms with E-state index in [1.165, 1.54) is 35.2 Å². The SMILES string of the molecule is O=C1C(=O)N(CCN2CCOCC2)C(c2ccc(Cl)cc2Cl)/C1=C(\O)c1ccc(F)cc1. The molecule has 0 saturated carbocycles. The van der Waals surface area contributed by atoms with Gasteiger partial charge in [0.05, 0.1) is 24.8 Å². The molecule has 2 aliphatic rings. The summed E-state index contributed by atoms with van der Waals surface area (Å²) in [5.74, 6) is -2.40. The Balaban J connectivity index is 1.76. The van der Waals surface area contributed by atoms with Gasteiger partial charge >= 0.3 is 0 Å². The van der Waals surface area contributed by atoms with Crippen LogP contribution in [0, 0.1) is 5.82 Å². The third kappa shape index (κ3) is 4.52. The molecule has 2 fully saturated rings. The lowest BCUT2D eigenvalue weighted by molar-refractivity contribution is -0.140. The second-order valence-corrected chi connectivity index (χ2v) is 8.46. The fourth-order valence-electron chi connectivity index (χ4n) is 3.99. The van der Waals surface area contributed by atoms with Gasteiger partial charge in [0.2, 0.25) is 0 Å². The highest BCUT2D eigenvalue weighted by Gasteiger charge is 2.46. The Morgan fingerprint density at radius 2 is 1.75 bits per heavy atom. The molecule has 9 heteroatoms. The number of ether oxygens (including phenoxy) is 1. The van der Waals surface area contributed by atoms with E-state index >= 15 is 0 Å². The molecule has 0 spiro atoms. The molecule has 2 aliphatic heterocycles. The van der Waals surface area contributed by atoms with Gasteiger partial charge in [-0.3, -0.25) is 14.5 Å². The Hall–Kier alpha value is -2.45. The van der Waals surface area contributed by atoms with Crippen LogP contribution in [0.15, 0.2) is 48.0 Å². The van der Waals surface area contributed by atoms with E-state index in [2.05, 4.69) is 4.90 Å². The number of ketones is 1. The molecule has 0 bridgehead atoms. The minimum Gasteiger partial charge on any atom is -0.507 e. The van der Waals surface area contributed by atoms with E-state index in [4.69, 9.17) is 27.9 Å². The van der Waals surface area contributed by atoms with E-state index < -0.39 is 23.5 Å². The number of Topliss-reactive ketones (excluding diaryl/α,β-unsaturated/α-hetero) is 1. The first-order valence-corrected chi connectivity index (χ1v) is 10.9. The van der Waals surface area contributed by atoms with Crippen LogP contribution in [0.5, 0.6) is 0 Å². The number of likely N-dealkylation sites (tertiary alicyclic amines) is 1. The highest BCUT2D eigenvalue weighted by atomic mass is 35.5. The quantitative estimate of drug-likeness (QED) is 0.401. The lowest BCUT2D eigenvalue weighted by Crippen LogP contribution is -2.42. The second-order valence-electron chi connectivity index (χ2n) is 7.62. The van der Waals surface area contributed by atoms with E-state index in [0.717, 1.165) is 13.1 Å². The van der Waals surface area contributed by atoms with Gasteiger partial charge in [0.15, 0.2) is 0 Å². The predicted molar refractivity (Wildman–Crippen MR) is 119 cm³/mol. The summed E-state index contributed by atoms with van der Waals surface area (Å²) < 4.78 is 18.7. The number of carbonyl (C=O) groups is 2. The Bertz CT molecular complexity index is 1070. The van der Waals surface area contributed by atoms with Crippen LogP contribution < -0.4 is 0 Å². The van der Waals surface area contributed by atoms with Gasteiger partial charge in [-0.05, 0) is 42.0 Å². The van der Waals surface area contributed by atoms with Gasteiger partial charge in [-0.2, -0.15) is 0 Å². The first-order valence-electron chi connectivity index (χ1n) is 10.2. The number of rotatable bonds is 5. The van der Waals surface area contributed by atoms with Crippen molar-refractivity contribution in [3.63, 3.8) is 0 Å². The van der Waals surface area contributed by atoms with Crippen LogP contribution in [0.2, 0.25) is 10.0 Å². The molecule has 1 atom stereocenters. The standard InChI is InChI=1S/C23H21Cl2FN2O4/c24-15-3-6-17(18(25)13-15)20-19(21(29)14-1-4-16(26)5-2-14)22(30)23(31)28(20)8-7-27-9-11-32-12-10-27/h1-6,13,20,29H,7-12H2/b21-19+. The summed E-state index contributed by atoms with van der Waals surface area (Å²) in [5, 5.41) is 11.6. The highest BCUT2D eigenvalue weighted by molar-refractivity contribution is 6.47. The highest BCUT2D eigenvalue weighted by Crippen LogP contribution is 2.42. The maximum absolute atomic E-state index is 13.4. The van der Waals surface area contributed by atoms with Crippen LogP contribution >= 0.6 is 23.2 Å². The zero-order chi connectivity index (χ0) is 22.8. The number of benzene rings is 2. The van der Waals surface area contributed by atoms with Gasteiger partial charge in [0.25, 0.3) is 11.7 Å². The van der Waals surface area contributed by atoms with Gasteiger partial charge < -0.3 is 14.7 Å². The van der Waals surface area contributed by atoms with Gasteiger partial charge in [0.1, 0.15) is 11.6 Å². The van der Waals surface area contributed by atoms with Crippen molar-refractivity contribution in [2.24, 2.45) is 0 Å². The van der Waals surface area contributed by atoms with Crippen molar-refractivity contribution in [1.29, 1.82) is 0 Å². The molecule has 1 amide bonds. The number of hydrogen-bond donors (Lipinski definition) is 1. The van der Waals surface area contributed by atoms with Crippen molar-refractivity contribution in [2.75, 3.05) is 39.4 Å². The Kier molecular flexibility index (Phi) is 6.81. The number of hydrogen-bond acceptors (Lipinski definition) is 5. The third-order valence-corrected chi connectivity index (χ3v) is 6.24. The molecule has 0 aliphatic carbocycles. The van der Waals surface area contributed by atoms with Gasteiger partial charge in [0, 0.05) is 41.8 Å². The van der Waals surface area contributed by atoms with Crippen LogP contribution in [0.3, 0.4) is 0 Å². The molecule has 2 heterocycles. The summed E-state index contributed by atoms with van der Waals surface area (Å²) in [5.41, 5.74) is 0.612. The van der Waals surface area contributed by atoms with Crippen LogP contribution in [0.25, 0.3) is 5.76 Å². The monoisotopic (exact) mass is 478 g/mol. The summed E-state index contributed by atoms with van der Waals surface area (Å²) in [7, 11) is 0. The molecule has 1 N–H and O–H groups in total. The van der Waals surface area contributed by atoms with Crippen molar-refractivity contribution < 1.29 is 23.8 Å². The lowest BCUT2D eigenvalue weighted by atomic mass is 9.95. The molecule has 168 valence electrons. The molecule has 32 heavy (non-hydrogen) atoms. The summed E-state index contributed by atoms with van der Waals surface area (Å²) in [6.07, 6.45) is 0. The fourth-order valence-corrected chi connectivity index (χ4v) is 4.51. The van der Waals surface area contributed by atoms with Crippen LogP contribution in [-0.2, 0) is 14.3 Å². The maximum atomic E-state index is 13.4. The van der Waals surface area contributed by atoms with Crippen LogP contribution in [-0.4, -0.2) is 66.0 Å².